The lowest BCUT2D eigenvalue weighted by Gasteiger charge is -2.17. The molecule has 0 aliphatic rings. The Labute approximate surface area is 111 Å². The Kier molecular flexibility index (Phi) is 7.92. The van der Waals surface area contributed by atoms with Crippen molar-refractivity contribution in [3.63, 3.8) is 0 Å². The van der Waals surface area contributed by atoms with Crippen molar-refractivity contribution in [1.82, 2.24) is 10.3 Å². The maximum Gasteiger partial charge on any atom is 0.0404 e. The van der Waals surface area contributed by atoms with Crippen LogP contribution in [0.4, 0.5) is 0 Å². The Balaban J connectivity index is 2.36. The molecule has 1 N–H and O–H groups in total. The smallest absolute Gasteiger partial charge is 0.0404 e. The average Bonchev–Trinajstić information content (AvgIpc) is 2.42. The lowest BCUT2D eigenvalue weighted by Crippen LogP contribution is -2.30. The van der Waals surface area contributed by atoms with Crippen LogP contribution >= 0.6 is 0 Å². The zero-order valence-electron chi connectivity index (χ0n) is 11.6. The van der Waals surface area contributed by atoms with Gasteiger partial charge in [-0.2, -0.15) is 0 Å². The van der Waals surface area contributed by atoms with Crippen molar-refractivity contribution in [3.05, 3.63) is 30.1 Å². The van der Waals surface area contributed by atoms with Crippen LogP contribution in [0.2, 0.25) is 0 Å². The minimum absolute atomic E-state index is 0.563. The van der Waals surface area contributed by atoms with Gasteiger partial charge < -0.3 is 5.32 Å². The normalized spacial score (nSPS) is 11.7. The zero-order valence-corrected chi connectivity index (χ0v) is 11.6. The Morgan fingerprint density at radius 2 is 2.22 bits per heavy atom. The second kappa shape index (κ2) is 9.67. The van der Waals surface area contributed by atoms with Crippen LogP contribution in [0.1, 0.15) is 45.2 Å². The zero-order chi connectivity index (χ0) is 13.1. The van der Waals surface area contributed by atoms with Crippen LogP contribution in [-0.2, 0) is 6.42 Å². The fourth-order valence-corrected chi connectivity index (χ4v) is 1.94. The van der Waals surface area contributed by atoms with E-state index in [4.69, 9.17) is 0 Å². The summed E-state index contributed by atoms with van der Waals surface area (Å²) >= 11 is 0. The van der Waals surface area contributed by atoms with Gasteiger partial charge in [0, 0.05) is 24.4 Å². The molecule has 0 saturated heterocycles. The fourth-order valence-electron chi connectivity index (χ4n) is 1.94. The quantitative estimate of drug-likeness (QED) is 0.710. The second-order valence-corrected chi connectivity index (χ2v) is 4.48. The molecule has 2 nitrogen and oxygen atoms in total. The highest BCUT2D eigenvalue weighted by atomic mass is 14.9. The molecule has 0 spiro atoms. The predicted octanol–water partition coefficient (Wildman–Crippen LogP) is 3.19. The van der Waals surface area contributed by atoms with E-state index in [1.807, 2.05) is 19.2 Å². The third-order valence-corrected chi connectivity index (χ3v) is 2.95. The first-order chi connectivity index (χ1) is 8.86. The van der Waals surface area contributed by atoms with Crippen LogP contribution in [0.15, 0.2) is 24.4 Å². The molecule has 1 atom stereocenters. The molecule has 0 saturated carbocycles. The molecule has 0 radical (unpaired) electrons. The molecule has 0 aliphatic heterocycles. The van der Waals surface area contributed by atoms with Gasteiger partial charge in [0.2, 0.25) is 0 Å². The number of nitrogens with zero attached hydrogens (tertiary/aromatic N) is 1. The Hall–Kier alpha value is -1.33. The number of nitrogens with one attached hydrogen (secondary N) is 1. The summed E-state index contributed by atoms with van der Waals surface area (Å²) in [5, 5.41) is 3.60. The van der Waals surface area contributed by atoms with Crippen molar-refractivity contribution in [2.75, 3.05) is 6.54 Å². The third kappa shape index (κ3) is 6.42. The lowest BCUT2D eigenvalue weighted by molar-refractivity contribution is 0.456. The largest absolute Gasteiger partial charge is 0.314 e. The molecule has 1 unspecified atom stereocenters. The van der Waals surface area contributed by atoms with Crippen molar-refractivity contribution < 1.29 is 0 Å². The minimum Gasteiger partial charge on any atom is -0.314 e. The van der Waals surface area contributed by atoms with Crippen LogP contribution in [0.25, 0.3) is 0 Å². The van der Waals surface area contributed by atoms with E-state index in [1.54, 1.807) is 0 Å². The first-order valence-electron chi connectivity index (χ1n) is 6.89. The van der Waals surface area contributed by atoms with Crippen LogP contribution in [0, 0.1) is 11.8 Å². The van der Waals surface area contributed by atoms with Crippen molar-refractivity contribution in [3.8, 4) is 11.8 Å². The Morgan fingerprint density at radius 3 is 2.89 bits per heavy atom. The lowest BCUT2D eigenvalue weighted by atomic mass is 10.0. The molecular weight excluding hydrogens is 220 g/mol. The van der Waals surface area contributed by atoms with Crippen molar-refractivity contribution in [2.24, 2.45) is 0 Å². The Morgan fingerprint density at radius 1 is 1.33 bits per heavy atom. The summed E-state index contributed by atoms with van der Waals surface area (Å²) in [5.41, 5.74) is 1.18. The molecular formula is C16H24N2. The standard InChI is InChI=1S/C16H24N2/c1-3-5-6-9-15(17-13-4-2)11-12-16-10-7-8-14-18-16/h7-8,10,14-15,17H,4,6,9,11-13H2,1-2H3. The van der Waals surface area contributed by atoms with Crippen molar-refractivity contribution in [1.29, 1.82) is 0 Å². The van der Waals surface area contributed by atoms with E-state index < -0.39 is 0 Å². The van der Waals surface area contributed by atoms with E-state index >= 15 is 0 Å². The number of hydrogen-bond donors (Lipinski definition) is 1. The van der Waals surface area contributed by atoms with Gasteiger partial charge in [-0.05, 0) is 51.3 Å². The number of rotatable bonds is 8. The summed E-state index contributed by atoms with van der Waals surface area (Å²) in [7, 11) is 0. The van der Waals surface area contributed by atoms with E-state index in [-0.39, 0.29) is 0 Å². The van der Waals surface area contributed by atoms with Gasteiger partial charge in [0.05, 0.1) is 0 Å². The molecule has 0 bridgehead atoms. The first-order valence-corrected chi connectivity index (χ1v) is 6.89. The highest BCUT2D eigenvalue weighted by Gasteiger charge is 2.07. The molecule has 1 rings (SSSR count). The van der Waals surface area contributed by atoms with Crippen LogP contribution in [0.3, 0.4) is 0 Å². The van der Waals surface area contributed by atoms with Gasteiger partial charge in [-0.1, -0.05) is 13.0 Å². The molecule has 0 fully saturated rings. The molecule has 98 valence electrons. The summed E-state index contributed by atoms with van der Waals surface area (Å²) in [5.74, 6) is 6.11. The van der Waals surface area contributed by atoms with E-state index in [0.717, 1.165) is 32.2 Å². The minimum atomic E-state index is 0.563. The van der Waals surface area contributed by atoms with Gasteiger partial charge in [-0.25, -0.2) is 0 Å². The van der Waals surface area contributed by atoms with Crippen LogP contribution in [-0.4, -0.2) is 17.6 Å². The van der Waals surface area contributed by atoms with E-state index in [9.17, 15) is 0 Å². The number of hydrogen-bond acceptors (Lipinski definition) is 2. The fraction of sp³-hybridized carbons (Fsp3) is 0.562. The van der Waals surface area contributed by atoms with Crippen molar-refractivity contribution >= 4 is 0 Å². The van der Waals surface area contributed by atoms with Crippen molar-refractivity contribution in [2.45, 2.75) is 52.0 Å². The van der Waals surface area contributed by atoms with Crippen LogP contribution in [0.5, 0.6) is 0 Å². The molecule has 1 heterocycles. The summed E-state index contributed by atoms with van der Waals surface area (Å²) in [6.45, 7) is 5.20. The average molecular weight is 244 g/mol. The van der Waals surface area contributed by atoms with E-state index in [0.29, 0.717) is 6.04 Å². The summed E-state index contributed by atoms with van der Waals surface area (Å²) in [6, 6.07) is 6.68. The molecule has 0 aliphatic carbocycles. The van der Waals surface area contributed by atoms with Gasteiger partial charge in [0.1, 0.15) is 0 Å². The number of aryl methyl sites for hydroxylation is 1. The SMILES string of the molecule is CC#CCCC(CCc1ccccn1)NCCC. The summed E-state index contributed by atoms with van der Waals surface area (Å²) in [6.07, 6.45) is 7.35. The second-order valence-electron chi connectivity index (χ2n) is 4.48. The molecule has 1 aromatic rings. The molecule has 0 aromatic carbocycles. The van der Waals surface area contributed by atoms with Crippen LogP contribution < -0.4 is 5.32 Å². The predicted molar refractivity (Wildman–Crippen MR) is 77.3 cm³/mol. The Bertz CT molecular complexity index is 362. The maximum absolute atomic E-state index is 4.37. The van der Waals surface area contributed by atoms with Gasteiger partial charge in [-0.15, -0.1) is 11.8 Å². The number of pyridine rings is 1. The highest BCUT2D eigenvalue weighted by Crippen LogP contribution is 2.07. The van der Waals surface area contributed by atoms with Gasteiger partial charge in [-0.3, -0.25) is 4.98 Å². The molecule has 1 aromatic heterocycles. The van der Waals surface area contributed by atoms with Gasteiger partial charge in [0.15, 0.2) is 0 Å². The van der Waals surface area contributed by atoms with Gasteiger partial charge in [0.25, 0.3) is 0 Å². The monoisotopic (exact) mass is 244 g/mol. The first kappa shape index (κ1) is 14.7. The summed E-state index contributed by atoms with van der Waals surface area (Å²) in [4.78, 5) is 4.37. The topological polar surface area (TPSA) is 24.9 Å². The third-order valence-electron chi connectivity index (χ3n) is 2.95. The molecule has 0 amide bonds. The number of aromatic nitrogens is 1. The molecule has 18 heavy (non-hydrogen) atoms. The van der Waals surface area contributed by atoms with E-state index in [2.05, 4.69) is 41.2 Å². The maximum atomic E-state index is 4.37. The summed E-state index contributed by atoms with van der Waals surface area (Å²) < 4.78 is 0. The van der Waals surface area contributed by atoms with Gasteiger partial charge >= 0.3 is 0 Å². The molecule has 2 heteroatoms. The van der Waals surface area contributed by atoms with E-state index in [1.165, 1.54) is 12.1 Å². The highest BCUT2D eigenvalue weighted by molar-refractivity contribution is 5.04.